The van der Waals surface area contributed by atoms with Crippen LogP contribution in [0.3, 0.4) is 0 Å². The van der Waals surface area contributed by atoms with Crippen LogP contribution in [-0.4, -0.2) is 17.5 Å². The summed E-state index contributed by atoms with van der Waals surface area (Å²) in [5.41, 5.74) is 2.80. The van der Waals surface area contributed by atoms with Gasteiger partial charge in [-0.05, 0) is 24.5 Å². The first-order chi connectivity index (χ1) is 8.86. The van der Waals surface area contributed by atoms with Crippen molar-refractivity contribution in [2.75, 3.05) is 6.54 Å². The zero-order valence-electron chi connectivity index (χ0n) is 11.2. The molecule has 1 saturated heterocycles. The molecule has 2 aromatic rings. The molecule has 3 rings (SSSR count). The fourth-order valence-corrected chi connectivity index (χ4v) is 2.77. The molecule has 2 heteroatoms. The van der Waals surface area contributed by atoms with Crippen molar-refractivity contribution in [3.8, 4) is 0 Å². The van der Waals surface area contributed by atoms with Gasteiger partial charge in [-0.15, -0.1) is 12.4 Å². The van der Waals surface area contributed by atoms with Gasteiger partial charge in [0.15, 0.2) is 0 Å². The fraction of sp³-hybridized carbons (Fsp3) is 0.294. The lowest BCUT2D eigenvalue weighted by Gasteiger charge is -2.45. The van der Waals surface area contributed by atoms with E-state index in [4.69, 9.17) is 0 Å². The highest BCUT2D eigenvalue weighted by Crippen LogP contribution is 2.35. The van der Waals surface area contributed by atoms with E-state index >= 15 is 0 Å². The predicted molar refractivity (Wildman–Crippen MR) is 82.8 cm³/mol. The van der Waals surface area contributed by atoms with Crippen LogP contribution in [0.5, 0.6) is 0 Å². The minimum absolute atomic E-state index is 0. The average molecular weight is 274 g/mol. The van der Waals surface area contributed by atoms with E-state index in [1.165, 1.54) is 24.1 Å². The quantitative estimate of drug-likeness (QED) is 0.806. The molecule has 0 bridgehead atoms. The molecule has 2 aromatic carbocycles. The summed E-state index contributed by atoms with van der Waals surface area (Å²) in [7, 11) is 0. The summed E-state index contributed by atoms with van der Waals surface area (Å²) in [6, 6.07) is 22.8. The molecular weight excluding hydrogens is 254 g/mol. The maximum Gasteiger partial charge on any atom is 0.0604 e. The minimum atomic E-state index is 0. The van der Waals surface area contributed by atoms with Crippen LogP contribution in [-0.2, 0) is 0 Å². The van der Waals surface area contributed by atoms with Crippen LogP contribution in [0.2, 0.25) is 0 Å². The Morgan fingerprint density at radius 3 is 1.68 bits per heavy atom. The molecule has 0 N–H and O–H groups in total. The van der Waals surface area contributed by atoms with Gasteiger partial charge in [0.25, 0.3) is 0 Å². The fourth-order valence-electron chi connectivity index (χ4n) is 2.77. The number of hydrogen-bond acceptors (Lipinski definition) is 1. The summed E-state index contributed by atoms with van der Waals surface area (Å²) in [6.07, 6.45) is 1.32. The molecule has 19 heavy (non-hydrogen) atoms. The van der Waals surface area contributed by atoms with E-state index < -0.39 is 0 Å². The number of halogens is 1. The highest BCUT2D eigenvalue weighted by atomic mass is 35.5. The molecule has 0 amide bonds. The standard InChI is InChI=1S/C17H19N.ClH/c1-14-12-13-18(14)17(15-8-4-2-5-9-15)16-10-6-3-7-11-16;/h2-11,14,17H,12-13H2,1H3;1H/t14-;/m0./s1. The van der Waals surface area contributed by atoms with Gasteiger partial charge in [-0.3, -0.25) is 4.90 Å². The molecule has 1 fully saturated rings. The first kappa shape index (κ1) is 14.1. The van der Waals surface area contributed by atoms with Gasteiger partial charge in [-0.1, -0.05) is 60.7 Å². The van der Waals surface area contributed by atoms with E-state index in [0.717, 1.165) is 0 Å². The first-order valence-electron chi connectivity index (χ1n) is 6.72. The molecule has 0 aromatic heterocycles. The van der Waals surface area contributed by atoms with E-state index in [1.54, 1.807) is 0 Å². The molecule has 1 atom stereocenters. The zero-order chi connectivity index (χ0) is 12.4. The Morgan fingerprint density at radius 2 is 1.37 bits per heavy atom. The van der Waals surface area contributed by atoms with Gasteiger partial charge in [0.05, 0.1) is 6.04 Å². The number of likely N-dealkylation sites (tertiary alicyclic amines) is 1. The van der Waals surface area contributed by atoms with Crippen LogP contribution in [0.25, 0.3) is 0 Å². The molecule has 100 valence electrons. The molecule has 1 aliphatic rings. The van der Waals surface area contributed by atoms with Gasteiger partial charge in [0.1, 0.15) is 0 Å². The van der Waals surface area contributed by atoms with Gasteiger partial charge >= 0.3 is 0 Å². The van der Waals surface area contributed by atoms with Crippen molar-refractivity contribution in [2.24, 2.45) is 0 Å². The van der Waals surface area contributed by atoms with E-state index in [9.17, 15) is 0 Å². The van der Waals surface area contributed by atoms with Crippen molar-refractivity contribution in [3.63, 3.8) is 0 Å². The highest BCUT2D eigenvalue weighted by Gasteiger charge is 2.32. The topological polar surface area (TPSA) is 3.24 Å². The Kier molecular flexibility index (Phi) is 4.62. The first-order valence-corrected chi connectivity index (χ1v) is 6.72. The van der Waals surface area contributed by atoms with Crippen molar-refractivity contribution in [1.82, 2.24) is 4.90 Å². The van der Waals surface area contributed by atoms with Gasteiger partial charge in [0, 0.05) is 12.6 Å². The van der Waals surface area contributed by atoms with Gasteiger partial charge in [0.2, 0.25) is 0 Å². The second kappa shape index (κ2) is 6.23. The average Bonchev–Trinajstić information content (AvgIpc) is 2.45. The lowest BCUT2D eigenvalue weighted by atomic mass is 9.91. The van der Waals surface area contributed by atoms with Gasteiger partial charge < -0.3 is 0 Å². The third-order valence-electron chi connectivity index (χ3n) is 3.93. The van der Waals surface area contributed by atoms with E-state index in [-0.39, 0.29) is 12.4 Å². The van der Waals surface area contributed by atoms with Crippen LogP contribution in [0.15, 0.2) is 60.7 Å². The molecule has 0 spiro atoms. The molecule has 1 heterocycles. The molecule has 1 nitrogen and oxygen atoms in total. The molecule has 0 aliphatic carbocycles. The third kappa shape index (κ3) is 2.83. The highest BCUT2D eigenvalue weighted by molar-refractivity contribution is 5.85. The van der Waals surface area contributed by atoms with E-state index in [2.05, 4.69) is 72.5 Å². The molecular formula is C17H20ClN. The summed E-state index contributed by atoms with van der Waals surface area (Å²) in [5.74, 6) is 0. The summed E-state index contributed by atoms with van der Waals surface area (Å²) in [6.45, 7) is 3.53. The Bertz CT molecular complexity index is 458. The summed E-state index contributed by atoms with van der Waals surface area (Å²) in [4.78, 5) is 2.59. The molecule has 0 saturated carbocycles. The Balaban J connectivity index is 0.00000133. The number of nitrogens with zero attached hydrogens (tertiary/aromatic N) is 1. The Morgan fingerprint density at radius 1 is 0.895 bits per heavy atom. The number of benzene rings is 2. The summed E-state index contributed by atoms with van der Waals surface area (Å²) in [5, 5.41) is 0. The van der Waals surface area contributed by atoms with Crippen LogP contribution < -0.4 is 0 Å². The summed E-state index contributed by atoms with van der Waals surface area (Å²) < 4.78 is 0. The van der Waals surface area contributed by atoms with Crippen LogP contribution in [0.4, 0.5) is 0 Å². The second-order valence-electron chi connectivity index (χ2n) is 5.10. The smallest absolute Gasteiger partial charge is 0.0604 e. The molecule has 1 aliphatic heterocycles. The van der Waals surface area contributed by atoms with Crippen molar-refractivity contribution in [2.45, 2.75) is 25.4 Å². The molecule has 0 unspecified atom stereocenters. The molecule has 0 radical (unpaired) electrons. The number of hydrogen-bond donors (Lipinski definition) is 0. The lowest BCUT2D eigenvalue weighted by Crippen LogP contribution is -2.47. The zero-order valence-corrected chi connectivity index (χ0v) is 12.0. The van der Waals surface area contributed by atoms with Crippen molar-refractivity contribution < 1.29 is 0 Å². The van der Waals surface area contributed by atoms with Gasteiger partial charge in [-0.2, -0.15) is 0 Å². The largest absolute Gasteiger partial charge is 0.290 e. The van der Waals surface area contributed by atoms with Crippen molar-refractivity contribution in [3.05, 3.63) is 71.8 Å². The third-order valence-corrected chi connectivity index (χ3v) is 3.93. The van der Waals surface area contributed by atoms with Crippen LogP contribution in [0, 0.1) is 0 Å². The maximum atomic E-state index is 2.59. The van der Waals surface area contributed by atoms with Crippen molar-refractivity contribution >= 4 is 12.4 Å². The Labute approximate surface area is 121 Å². The van der Waals surface area contributed by atoms with E-state index in [1.807, 2.05) is 0 Å². The predicted octanol–water partition coefficient (Wildman–Crippen LogP) is 4.29. The van der Waals surface area contributed by atoms with Crippen LogP contribution in [0.1, 0.15) is 30.5 Å². The van der Waals surface area contributed by atoms with Gasteiger partial charge in [-0.25, -0.2) is 0 Å². The normalized spacial score (nSPS) is 18.7. The monoisotopic (exact) mass is 273 g/mol. The lowest BCUT2D eigenvalue weighted by molar-refractivity contribution is 0.0700. The minimum Gasteiger partial charge on any atom is -0.290 e. The summed E-state index contributed by atoms with van der Waals surface area (Å²) >= 11 is 0. The second-order valence-corrected chi connectivity index (χ2v) is 5.10. The maximum absolute atomic E-state index is 2.59. The number of rotatable bonds is 3. The van der Waals surface area contributed by atoms with Crippen molar-refractivity contribution in [1.29, 1.82) is 0 Å². The Hall–Kier alpha value is -1.31. The SMILES string of the molecule is C[C@H]1CCN1C(c1ccccc1)c1ccccc1.Cl. The van der Waals surface area contributed by atoms with E-state index in [0.29, 0.717) is 12.1 Å². The van der Waals surface area contributed by atoms with Crippen LogP contribution >= 0.6 is 12.4 Å².